The molecule has 8 heteroatoms. The van der Waals surface area contributed by atoms with Gasteiger partial charge in [-0.05, 0) is 61.5 Å². The van der Waals surface area contributed by atoms with Crippen molar-refractivity contribution in [2.45, 2.75) is 38.0 Å². The van der Waals surface area contributed by atoms with E-state index in [1.807, 2.05) is 12.1 Å². The van der Waals surface area contributed by atoms with Crippen LogP contribution in [0.5, 0.6) is 0 Å². The zero-order valence-corrected chi connectivity index (χ0v) is 17.8. The van der Waals surface area contributed by atoms with Crippen LogP contribution in [0.2, 0.25) is 5.02 Å². The van der Waals surface area contributed by atoms with Gasteiger partial charge in [0.1, 0.15) is 0 Å². The Hall–Kier alpha value is -1.76. The summed E-state index contributed by atoms with van der Waals surface area (Å²) in [6.07, 6.45) is -0.820. The number of nitrogens with one attached hydrogen (secondary N) is 1. The molecular weight excluding hydrogens is 436 g/mol. The maximum absolute atomic E-state index is 13.0. The van der Waals surface area contributed by atoms with E-state index in [9.17, 15) is 18.0 Å². The second-order valence-corrected chi connectivity index (χ2v) is 8.20. The zero-order valence-electron chi connectivity index (χ0n) is 16.2. The van der Waals surface area contributed by atoms with E-state index in [0.717, 1.165) is 30.6 Å². The summed E-state index contributed by atoms with van der Waals surface area (Å²) in [5, 5.41) is 2.08. The minimum atomic E-state index is -4.60. The fourth-order valence-corrected chi connectivity index (χ4v) is 4.69. The van der Waals surface area contributed by atoms with E-state index >= 15 is 0 Å². The first-order valence-corrected chi connectivity index (χ1v) is 10.2. The molecule has 2 bridgehead atoms. The molecule has 2 aromatic rings. The number of nitrogens with zero attached hydrogens (tertiary/aromatic N) is 1. The maximum Gasteiger partial charge on any atom is 0.417 e. The molecular formula is C22H23Cl2F3N2O. The molecule has 3 heterocycles. The molecule has 0 spiro atoms. The number of hydrogen-bond donors (Lipinski definition) is 1. The topological polar surface area (TPSA) is 32.3 Å². The van der Waals surface area contributed by atoms with Crippen molar-refractivity contribution < 1.29 is 18.0 Å². The average molecular weight is 459 g/mol. The smallest absolute Gasteiger partial charge is 0.348 e. The standard InChI is InChI=1S/C22H22ClF3N2O.ClH/c23-20-17(2-1-3-18(20)22(24,25)26)21(29)27-13-15-4-6-16(7-5-15)19-12-14-8-10-28(19)11-9-14;/h1-7,14,19H,8-13H2,(H,27,29);1H. The normalized spacial score (nSPS) is 23.0. The second kappa shape index (κ2) is 9.16. The number of fused-ring (bicyclic) bond motifs is 3. The average Bonchev–Trinajstić information content (AvgIpc) is 2.72. The lowest BCUT2D eigenvalue weighted by molar-refractivity contribution is -0.137. The monoisotopic (exact) mass is 458 g/mol. The first-order valence-electron chi connectivity index (χ1n) is 9.79. The number of rotatable bonds is 4. The predicted molar refractivity (Wildman–Crippen MR) is 113 cm³/mol. The molecule has 0 saturated carbocycles. The predicted octanol–water partition coefficient (Wildman–Crippen LogP) is 5.87. The van der Waals surface area contributed by atoms with Gasteiger partial charge in [-0.3, -0.25) is 9.69 Å². The summed E-state index contributed by atoms with van der Waals surface area (Å²) >= 11 is 5.82. The molecule has 0 radical (unpaired) electrons. The van der Waals surface area contributed by atoms with Crippen molar-refractivity contribution in [3.05, 3.63) is 69.7 Å². The van der Waals surface area contributed by atoms with Gasteiger partial charge in [0.2, 0.25) is 0 Å². The van der Waals surface area contributed by atoms with Gasteiger partial charge >= 0.3 is 6.18 Å². The van der Waals surface area contributed by atoms with Gasteiger partial charge < -0.3 is 5.32 Å². The van der Waals surface area contributed by atoms with Crippen LogP contribution < -0.4 is 5.32 Å². The largest absolute Gasteiger partial charge is 0.417 e. The number of alkyl halides is 3. The maximum atomic E-state index is 13.0. The van der Waals surface area contributed by atoms with Gasteiger partial charge in [0.25, 0.3) is 5.91 Å². The third-order valence-electron chi connectivity index (χ3n) is 6.01. The van der Waals surface area contributed by atoms with Crippen molar-refractivity contribution in [2.24, 2.45) is 5.92 Å². The lowest BCUT2D eigenvalue weighted by Gasteiger charge is -2.45. The van der Waals surface area contributed by atoms with E-state index in [-0.39, 0.29) is 24.5 Å². The van der Waals surface area contributed by atoms with Gasteiger partial charge in [0, 0.05) is 12.6 Å². The van der Waals surface area contributed by atoms with Crippen molar-refractivity contribution in [3.8, 4) is 0 Å². The van der Waals surface area contributed by atoms with E-state index in [0.29, 0.717) is 6.04 Å². The first-order chi connectivity index (χ1) is 13.8. The molecule has 162 valence electrons. The van der Waals surface area contributed by atoms with Crippen LogP contribution in [0, 0.1) is 5.92 Å². The van der Waals surface area contributed by atoms with Gasteiger partial charge in [-0.25, -0.2) is 0 Å². The van der Waals surface area contributed by atoms with Crippen LogP contribution in [0.25, 0.3) is 0 Å². The summed E-state index contributed by atoms with van der Waals surface area (Å²) in [5.41, 5.74) is 0.989. The molecule has 5 rings (SSSR count). The van der Waals surface area contributed by atoms with Crippen molar-refractivity contribution in [2.75, 3.05) is 13.1 Å². The van der Waals surface area contributed by atoms with Crippen LogP contribution in [-0.2, 0) is 12.7 Å². The summed E-state index contributed by atoms with van der Waals surface area (Å²) in [5.74, 6) is 0.196. The fourth-order valence-electron chi connectivity index (χ4n) is 4.37. The Labute approximate surface area is 185 Å². The van der Waals surface area contributed by atoms with Crippen LogP contribution in [0.4, 0.5) is 13.2 Å². The highest BCUT2D eigenvalue weighted by molar-refractivity contribution is 6.34. The molecule has 0 aliphatic carbocycles. The molecule has 3 nitrogen and oxygen atoms in total. The number of hydrogen-bond acceptors (Lipinski definition) is 2. The summed E-state index contributed by atoms with van der Waals surface area (Å²) in [6, 6.07) is 11.9. The van der Waals surface area contributed by atoms with Crippen molar-refractivity contribution >= 4 is 29.9 Å². The van der Waals surface area contributed by atoms with Gasteiger partial charge in [-0.2, -0.15) is 13.2 Å². The quantitative estimate of drug-likeness (QED) is 0.621. The molecule has 1 unspecified atom stereocenters. The summed E-state index contributed by atoms with van der Waals surface area (Å²) < 4.78 is 38.9. The molecule has 3 aliphatic rings. The Morgan fingerprint density at radius 2 is 1.77 bits per heavy atom. The minimum absolute atomic E-state index is 0. The van der Waals surface area contributed by atoms with Crippen LogP contribution in [0.15, 0.2) is 42.5 Å². The molecule has 1 atom stereocenters. The first kappa shape index (κ1) is 22.9. The molecule has 0 aromatic heterocycles. The second-order valence-electron chi connectivity index (χ2n) is 7.82. The lowest BCUT2D eigenvalue weighted by Crippen LogP contribution is -2.43. The number of amides is 1. The lowest BCUT2D eigenvalue weighted by atomic mass is 9.81. The van der Waals surface area contributed by atoms with Gasteiger partial charge in [-0.1, -0.05) is 41.9 Å². The Morgan fingerprint density at radius 3 is 2.33 bits per heavy atom. The van der Waals surface area contributed by atoms with Crippen LogP contribution in [0.1, 0.15) is 52.4 Å². The molecule has 2 aromatic carbocycles. The SMILES string of the molecule is Cl.O=C(NCc1ccc(C2CC3CCN2CC3)cc1)c1cccc(C(F)(F)F)c1Cl. The highest BCUT2D eigenvalue weighted by Crippen LogP contribution is 2.40. The number of benzene rings is 2. The molecule has 3 fully saturated rings. The zero-order chi connectivity index (χ0) is 20.6. The van der Waals surface area contributed by atoms with Crippen molar-refractivity contribution in [3.63, 3.8) is 0 Å². The number of carbonyl (C=O) groups is 1. The Balaban J connectivity index is 0.00000256. The molecule has 3 saturated heterocycles. The fraction of sp³-hybridized carbons (Fsp3) is 0.409. The summed E-state index contributed by atoms with van der Waals surface area (Å²) in [4.78, 5) is 14.9. The number of piperidine rings is 3. The highest BCUT2D eigenvalue weighted by Gasteiger charge is 2.35. The third kappa shape index (κ3) is 4.76. The number of halogens is 5. The van der Waals surface area contributed by atoms with Gasteiger partial charge in [0.15, 0.2) is 0 Å². The molecule has 30 heavy (non-hydrogen) atoms. The van der Waals surface area contributed by atoms with E-state index < -0.39 is 22.7 Å². The molecule has 1 amide bonds. The van der Waals surface area contributed by atoms with Crippen molar-refractivity contribution in [1.82, 2.24) is 10.2 Å². The van der Waals surface area contributed by atoms with E-state index in [2.05, 4.69) is 22.3 Å². The Kier molecular flexibility index (Phi) is 7.00. The Bertz CT molecular complexity index is 894. The minimum Gasteiger partial charge on any atom is -0.348 e. The van der Waals surface area contributed by atoms with Gasteiger partial charge in [0.05, 0.1) is 16.1 Å². The number of carbonyl (C=O) groups excluding carboxylic acids is 1. The summed E-state index contributed by atoms with van der Waals surface area (Å²) in [6.45, 7) is 2.54. The third-order valence-corrected chi connectivity index (χ3v) is 6.42. The van der Waals surface area contributed by atoms with E-state index in [1.54, 1.807) is 0 Å². The van der Waals surface area contributed by atoms with Crippen LogP contribution in [0.3, 0.4) is 0 Å². The highest BCUT2D eigenvalue weighted by atomic mass is 35.5. The van der Waals surface area contributed by atoms with Crippen LogP contribution >= 0.6 is 24.0 Å². The van der Waals surface area contributed by atoms with E-state index in [1.165, 1.54) is 37.0 Å². The van der Waals surface area contributed by atoms with E-state index in [4.69, 9.17) is 11.6 Å². The van der Waals surface area contributed by atoms with Gasteiger partial charge in [-0.15, -0.1) is 12.4 Å². The Morgan fingerprint density at radius 1 is 1.10 bits per heavy atom. The van der Waals surface area contributed by atoms with Crippen LogP contribution in [-0.4, -0.2) is 23.9 Å². The summed E-state index contributed by atoms with van der Waals surface area (Å²) in [7, 11) is 0. The van der Waals surface area contributed by atoms with Crippen molar-refractivity contribution in [1.29, 1.82) is 0 Å². The molecule has 1 N–H and O–H groups in total. The molecule has 3 aliphatic heterocycles.